The number of rotatable bonds is 18. The normalized spacial score (nSPS) is 12.3. The fourth-order valence-corrected chi connectivity index (χ4v) is 8.45. The molecule has 1 atom stereocenters. The van der Waals surface area contributed by atoms with Crippen LogP contribution in [0.25, 0.3) is 0 Å². The van der Waals surface area contributed by atoms with Gasteiger partial charge >= 0.3 is 24.1 Å². The Morgan fingerprint density at radius 2 is 1.52 bits per heavy atom. The van der Waals surface area contributed by atoms with Crippen LogP contribution in [0, 0.1) is 10.1 Å². The molecule has 0 saturated carbocycles. The molecule has 4 amide bonds. The second-order valence-electron chi connectivity index (χ2n) is 17.7. The quantitative estimate of drug-likeness (QED) is 0.0269. The van der Waals surface area contributed by atoms with E-state index >= 15 is 0 Å². The first-order chi connectivity index (χ1) is 41.4. The Morgan fingerprint density at radius 1 is 0.864 bits per heavy atom. The van der Waals surface area contributed by atoms with E-state index in [1.807, 2.05) is 52.0 Å². The minimum Gasteiger partial charge on any atom is -0.489 e. The molecule has 0 radical (unpaired) electrons. The van der Waals surface area contributed by atoms with Gasteiger partial charge in [-0.3, -0.25) is 25.0 Å². The Labute approximate surface area is 520 Å². The molecular formula is C52H56Cl4F3N13O15S. The number of carbonyl (C=O) groups is 5. The van der Waals surface area contributed by atoms with Crippen molar-refractivity contribution in [3.63, 3.8) is 0 Å². The second kappa shape index (κ2) is 33.3. The molecule has 0 spiro atoms. The van der Waals surface area contributed by atoms with Crippen molar-refractivity contribution in [3.8, 4) is 29.0 Å². The summed E-state index contributed by atoms with van der Waals surface area (Å²) in [6.45, 7) is 9.89. The molecule has 4 heterocycles. The fourth-order valence-electron chi connectivity index (χ4n) is 6.82. The third-order valence-corrected chi connectivity index (χ3v) is 12.7. The molecule has 0 fully saturated rings. The number of para-hydroxylation sites is 2. The Hall–Kier alpha value is -8.85. The SMILES string of the molecule is CC1COc2ccccc2N1C(=O)C(Cl)Cl.CCNc1nc(Cl)nc(NC(C)C)n1.CCOC(=O)COC(=O)c1cc(Oc2ccc(C(F)(F)F)cc2Cl)ccc1[N+](=O)[O-].COc1cc(OC)nc(NC(=O)NS(=O)(=O)c2ncccc2C(=O)N(C)C)n1. The van der Waals surface area contributed by atoms with E-state index in [1.165, 1.54) is 64.5 Å². The van der Waals surface area contributed by atoms with Crippen LogP contribution < -0.4 is 44.5 Å². The molecule has 28 nitrogen and oxygen atoms in total. The fraction of sp³-hybridized carbons (Fsp3) is 0.327. The minimum absolute atomic E-state index is 0.0493. The van der Waals surface area contributed by atoms with Crippen LogP contribution in [-0.4, -0.2) is 150 Å². The van der Waals surface area contributed by atoms with Crippen molar-refractivity contribution >= 4 is 115 Å². The smallest absolute Gasteiger partial charge is 0.416 e. The molecule has 7 rings (SSSR count). The number of alkyl halides is 5. The van der Waals surface area contributed by atoms with Gasteiger partial charge in [-0.15, -0.1) is 0 Å². The van der Waals surface area contributed by atoms with Crippen molar-refractivity contribution in [1.82, 2.24) is 39.5 Å². The third-order valence-electron chi connectivity index (χ3n) is 10.5. The number of ether oxygens (including phenoxy) is 6. The van der Waals surface area contributed by atoms with Gasteiger partial charge in [-0.05, 0) is 94.8 Å². The van der Waals surface area contributed by atoms with E-state index in [9.17, 15) is 55.7 Å². The highest BCUT2D eigenvalue weighted by Crippen LogP contribution is 2.38. The van der Waals surface area contributed by atoms with Gasteiger partial charge in [0.15, 0.2) is 16.5 Å². The largest absolute Gasteiger partial charge is 0.489 e. The molecule has 0 saturated heterocycles. The number of sulfonamides is 1. The number of amides is 4. The summed E-state index contributed by atoms with van der Waals surface area (Å²) < 4.78 is 95.0. The van der Waals surface area contributed by atoms with Gasteiger partial charge in [0.05, 0.1) is 59.7 Å². The van der Waals surface area contributed by atoms with Gasteiger partial charge in [0, 0.05) is 45.0 Å². The van der Waals surface area contributed by atoms with Gasteiger partial charge in [0.1, 0.15) is 29.4 Å². The summed E-state index contributed by atoms with van der Waals surface area (Å²) in [5, 5.41) is 18.6. The van der Waals surface area contributed by atoms with E-state index in [1.54, 1.807) is 9.62 Å². The van der Waals surface area contributed by atoms with Gasteiger partial charge < -0.3 is 48.9 Å². The molecule has 1 aliphatic rings. The van der Waals surface area contributed by atoms with E-state index in [2.05, 4.69) is 50.6 Å². The Kier molecular flexibility index (Phi) is 27.1. The van der Waals surface area contributed by atoms with Crippen LogP contribution in [0.3, 0.4) is 0 Å². The maximum absolute atomic E-state index is 12.7. The predicted octanol–water partition coefficient (Wildman–Crippen LogP) is 9.26. The second-order valence-corrected chi connectivity index (χ2v) is 21.1. The number of pyridine rings is 1. The number of halogens is 7. The molecule has 88 heavy (non-hydrogen) atoms. The summed E-state index contributed by atoms with van der Waals surface area (Å²) in [4.78, 5) is 95.1. The number of urea groups is 1. The average molecular weight is 1330 g/mol. The number of nitro benzene ring substituents is 1. The van der Waals surface area contributed by atoms with Crippen LogP contribution >= 0.6 is 46.4 Å². The lowest BCUT2D eigenvalue weighted by atomic mass is 10.1. The van der Waals surface area contributed by atoms with E-state index in [4.69, 9.17) is 70.1 Å². The highest BCUT2D eigenvalue weighted by molar-refractivity contribution is 7.90. The van der Waals surface area contributed by atoms with Crippen LogP contribution in [-0.2, 0) is 35.3 Å². The number of fused-ring (bicyclic) bond motifs is 1. The molecule has 1 unspecified atom stereocenters. The van der Waals surface area contributed by atoms with Crippen molar-refractivity contribution in [2.24, 2.45) is 0 Å². The van der Waals surface area contributed by atoms with Crippen LogP contribution in [0.1, 0.15) is 60.9 Å². The van der Waals surface area contributed by atoms with Crippen molar-refractivity contribution in [1.29, 1.82) is 0 Å². The molecule has 36 heteroatoms. The van der Waals surface area contributed by atoms with E-state index in [-0.39, 0.29) is 69.7 Å². The summed E-state index contributed by atoms with van der Waals surface area (Å²) in [7, 11) is 1.15. The molecule has 6 aromatic rings. The maximum atomic E-state index is 12.7. The Balaban J connectivity index is 0.000000263. The topological polar surface area (TPSA) is 350 Å². The van der Waals surface area contributed by atoms with Gasteiger partial charge in [-0.2, -0.15) is 46.5 Å². The summed E-state index contributed by atoms with van der Waals surface area (Å²) in [6.07, 6.45) is -3.42. The number of benzene rings is 3. The van der Waals surface area contributed by atoms with Gasteiger partial charge in [0.25, 0.3) is 27.5 Å². The average Bonchev–Trinajstić information content (AvgIpc) is 3.67. The minimum atomic E-state index is -4.61. The number of nitrogens with zero attached hydrogens (tertiary/aromatic N) is 9. The Morgan fingerprint density at radius 3 is 2.10 bits per heavy atom. The lowest BCUT2D eigenvalue weighted by Crippen LogP contribution is -2.47. The van der Waals surface area contributed by atoms with Gasteiger partial charge in [0.2, 0.25) is 34.9 Å². The molecule has 3 aromatic heterocycles. The van der Waals surface area contributed by atoms with Gasteiger partial charge in [-0.25, -0.2) is 24.1 Å². The van der Waals surface area contributed by atoms with Crippen molar-refractivity contribution < 1.29 is 78.9 Å². The molecule has 0 bridgehead atoms. The zero-order valence-electron chi connectivity index (χ0n) is 47.8. The number of anilines is 4. The maximum Gasteiger partial charge on any atom is 0.416 e. The monoisotopic (exact) mass is 1330 g/mol. The summed E-state index contributed by atoms with van der Waals surface area (Å²) >= 11 is 22.8. The molecular weight excluding hydrogens is 1280 g/mol. The zero-order valence-corrected chi connectivity index (χ0v) is 51.7. The highest BCUT2D eigenvalue weighted by atomic mass is 35.5. The molecule has 1 aliphatic heterocycles. The molecule has 0 aliphatic carbocycles. The zero-order chi connectivity index (χ0) is 65.6. The van der Waals surface area contributed by atoms with Crippen LogP contribution in [0.5, 0.6) is 29.0 Å². The number of methoxy groups -OCH3 is 2. The Bertz CT molecular complexity index is 3540. The van der Waals surface area contributed by atoms with Crippen molar-refractivity contribution in [3.05, 3.63) is 122 Å². The van der Waals surface area contributed by atoms with Crippen molar-refractivity contribution in [2.75, 3.05) is 75.5 Å². The van der Waals surface area contributed by atoms with Crippen molar-refractivity contribution in [2.45, 2.75) is 62.7 Å². The number of hydrogen-bond donors (Lipinski definition) is 4. The number of esters is 2. The summed E-state index contributed by atoms with van der Waals surface area (Å²) in [5.74, 6) is -1.65. The van der Waals surface area contributed by atoms with E-state index < -0.39 is 78.3 Å². The molecule has 474 valence electrons. The number of nitrogens with one attached hydrogen (secondary N) is 4. The predicted molar refractivity (Wildman–Crippen MR) is 315 cm³/mol. The van der Waals surface area contributed by atoms with Crippen LogP contribution in [0.4, 0.5) is 47.2 Å². The highest BCUT2D eigenvalue weighted by Gasteiger charge is 2.34. The van der Waals surface area contributed by atoms with Crippen LogP contribution in [0.15, 0.2) is 90.1 Å². The summed E-state index contributed by atoms with van der Waals surface area (Å²) in [6, 6.07) is 15.8. The van der Waals surface area contributed by atoms with Crippen LogP contribution in [0.2, 0.25) is 10.3 Å². The lowest BCUT2D eigenvalue weighted by molar-refractivity contribution is -0.385. The number of hydrogen-bond acceptors (Lipinski definition) is 23. The lowest BCUT2D eigenvalue weighted by Gasteiger charge is -2.35. The van der Waals surface area contributed by atoms with E-state index in [0.717, 1.165) is 42.6 Å². The number of carbonyl (C=O) groups excluding carboxylic acids is 5. The van der Waals surface area contributed by atoms with Gasteiger partial charge in [-0.1, -0.05) is 46.9 Å². The molecule has 4 N–H and O–H groups in total. The first kappa shape index (κ1) is 71.6. The first-order valence-electron chi connectivity index (χ1n) is 25.3. The third kappa shape index (κ3) is 21.5. The first-order valence-corrected chi connectivity index (χ1v) is 28.4. The standard InChI is InChI=1S/C18H13ClF3NO7.C15H18N6O6S.C11H11Cl2NO2.C8H14ClN5/c1-2-28-16(24)9-29-17(25)12-8-11(4-5-14(12)23(26)27)30-15-6-3-10(7-13(15)19)18(20,21)22;1-21(2)13(22)9-6-5-7-16-12(9)28(24,25)20-15(23)19-14-17-10(26-3)8-11(18-14)27-4;1-7-6-16-9-5-3-2-4-8(9)14(7)11(15)10(12)13;1-4-10-7-12-6(9)13-8(14-7)11-5(2)3/h3-8H,2,9H2,1H3;5-8H,1-4H3,(H2,17,18,19,20,23);2-5,7,10H,6H2,1H3;5H,4H2,1-3H3,(H2,10,11,12,13,14). The number of nitro groups is 1. The number of aromatic nitrogens is 6. The van der Waals surface area contributed by atoms with E-state index in [0.29, 0.717) is 30.3 Å². The molecule has 3 aromatic carbocycles. The summed E-state index contributed by atoms with van der Waals surface area (Å²) in [5.41, 5.74) is -1.63.